The number of aliphatic carboxylic acids is 1. The van der Waals surface area contributed by atoms with Crippen molar-refractivity contribution in [2.75, 3.05) is 13.1 Å². The fourth-order valence-electron chi connectivity index (χ4n) is 4.22. The molecule has 0 saturated heterocycles. The highest BCUT2D eigenvalue weighted by atomic mass is 16.4. The van der Waals surface area contributed by atoms with E-state index in [0.29, 0.717) is 0 Å². The summed E-state index contributed by atoms with van der Waals surface area (Å²) in [6.45, 7) is 0.0632. The smallest absolute Gasteiger partial charge is 0.322 e. The third-order valence-electron chi connectivity index (χ3n) is 6.00. The highest BCUT2D eigenvalue weighted by Gasteiger charge is 2.21. The maximum atomic E-state index is 12.6. The number of carbonyl (C=O) groups is 3. The molecule has 0 aliphatic heterocycles. The van der Waals surface area contributed by atoms with Crippen molar-refractivity contribution in [3.63, 3.8) is 0 Å². The molecule has 6 heteroatoms. The lowest BCUT2D eigenvalue weighted by atomic mass is 9.94. The molecule has 4 aromatic carbocycles. The first-order valence-corrected chi connectivity index (χ1v) is 11.2. The molecule has 0 bridgehead atoms. The number of carboxylic acids is 1. The average Bonchev–Trinajstić information content (AvgIpc) is 2.86. The zero-order valence-corrected chi connectivity index (χ0v) is 18.6. The third kappa shape index (κ3) is 5.30. The van der Waals surface area contributed by atoms with Crippen LogP contribution in [0.25, 0.3) is 21.5 Å². The van der Waals surface area contributed by atoms with E-state index in [1.54, 1.807) is 0 Å². The van der Waals surface area contributed by atoms with Crippen LogP contribution in [0.2, 0.25) is 0 Å². The zero-order valence-electron chi connectivity index (χ0n) is 18.6. The van der Waals surface area contributed by atoms with Gasteiger partial charge in [-0.1, -0.05) is 84.9 Å². The van der Waals surface area contributed by atoms with Gasteiger partial charge in [0.15, 0.2) is 0 Å². The van der Waals surface area contributed by atoms with Crippen LogP contribution in [-0.2, 0) is 20.8 Å². The molecule has 4 rings (SSSR count). The van der Waals surface area contributed by atoms with Crippen LogP contribution in [0.15, 0.2) is 84.9 Å². The molecule has 0 spiro atoms. The Labute approximate surface area is 197 Å². The molecule has 1 unspecified atom stereocenters. The maximum Gasteiger partial charge on any atom is 0.322 e. The molecule has 0 radical (unpaired) electrons. The predicted molar refractivity (Wildman–Crippen MR) is 133 cm³/mol. The maximum absolute atomic E-state index is 12.6. The number of hydrogen-bond donors (Lipinski definition) is 3. The Balaban J connectivity index is 1.39. The van der Waals surface area contributed by atoms with Crippen molar-refractivity contribution < 1.29 is 19.5 Å². The number of rotatable bonds is 10. The number of nitrogens with one attached hydrogen (secondary N) is 2. The van der Waals surface area contributed by atoms with Crippen molar-refractivity contribution in [2.45, 2.75) is 18.4 Å². The Morgan fingerprint density at radius 2 is 1.41 bits per heavy atom. The first kappa shape index (κ1) is 23.1. The van der Waals surface area contributed by atoms with E-state index in [4.69, 9.17) is 0 Å². The number of benzene rings is 4. The van der Waals surface area contributed by atoms with E-state index in [1.165, 1.54) is 0 Å². The molecule has 2 atom stereocenters. The number of hydrogen-bond acceptors (Lipinski definition) is 4. The van der Waals surface area contributed by atoms with Gasteiger partial charge in [0.25, 0.3) is 0 Å². The SMILES string of the molecule is O=CC(CN[C@@H](CNC(=O)Cc1cccc2ccccc12)C(=O)O)c1cccc2ccccc12. The van der Waals surface area contributed by atoms with Gasteiger partial charge in [-0.2, -0.15) is 0 Å². The molecule has 34 heavy (non-hydrogen) atoms. The molecule has 3 N–H and O–H groups in total. The van der Waals surface area contributed by atoms with E-state index in [-0.39, 0.29) is 25.4 Å². The Kier molecular flexibility index (Phi) is 7.30. The van der Waals surface area contributed by atoms with Crippen LogP contribution in [0.1, 0.15) is 17.0 Å². The second-order valence-corrected chi connectivity index (χ2v) is 8.23. The summed E-state index contributed by atoms with van der Waals surface area (Å²) in [6, 6.07) is 26.1. The van der Waals surface area contributed by atoms with Gasteiger partial charge in [0.05, 0.1) is 12.3 Å². The minimum Gasteiger partial charge on any atom is -0.480 e. The third-order valence-corrected chi connectivity index (χ3v) is 6.00. The van der Waals surface area contributed by atoms with Gasteiger partial charge in [-0.3, -0.25) is 9.59 Å². The molecular formula is C28H26N2O4. The normalized spacial score (nSPS) is 12.8. The molecule has 0 fully saturated rings. The highest BCUT2D eigenvalue weighted by molar-refractivity contribution is 5.91. The molecule has 0 aliphatic carbocycles. The van der Waals surface area contributed by atoms with Crippen molar-refractivity contribution in [1.82, 2.24) is 10.6 Å². The number of carboxylic acid groups (broad SMARTS) is 1. The number of fused-ring (bicyclic) bond motifs is 2. The lowest BCUT2D eigenvalue weighted by molar-refractivity contribution is -0.139. The Bertz CT molecular complexity index is 1320. The Morgan fingerprint density at radius 3 is 2.12 bits per heavy atom. The number of aldehydes is 1. The molecule has 6 nitrogen and oxygen atoms in total. The van der Waals surface area contributed by atoms with Gasteiger partial charge in [-0.25, -0.2) is 0 Å². The number of amides is 1. The summed E-state index contributed by atoms with van der Waals surface area (Å²) in [6.07, 6.45) is 0.980. The van der Waals surface area contributed by atoms with Gasteiger partial charge >= 0.3 is 5.97 Å². The summed E-state index contributed by atoms with van der Waals surface area (Å²) in [4.78, 5) is 36.2. The van der Waals surface area contributed by atoms with Crippen LogP contribution in [0.4, 0.5) is 0 Å². The summed E-state index contributed by atoms with van der Waals surface area (Å²) in [5.74, 6) is -1.86. The Morgan fingerprint density at radius 1 is 0.794 bits per heavy atom. The Hall–Kier alpha value is -4.03. The van der Waals surface area contributed by atoms with Crippen LogP contribution in [0.3, 0.4) is 0 Å². The van der Waals surface area contributed by atoms with Crippen molar-refractivity contribution in [3.05, 3.63) is 96.1 Å². The van der Waals surface area contributed by atoms with E-state index in [2.05, 4.69) is 10.6 Å². The second kappa shape index (κ2) is 10.7. The molecule has 4 aromatic rings. The fraction of sp³-hybridized carbons (Fsp3) is 0.179. The van der Waals surface area contributed by atoms with Crippen molar-refractivity contribution in [2.24, 2.45) is 0 Å². The van der Waals surface area contributed by atoms with Crippen LogP contribution in [0.5, 0.6) is 0 Å². The minimum absolute atomic E-state index is 0.0833. The van der Waals surface area contributed by atoms with E-state index in [9.17, 15) is 19.5 Å². The molecule has 0 heterocycles. The first-order valence-electron chi connectivity index (χ1n) is 11.2. The lowest BCUT2D eigenvalue weighted by Gasteiger charge is -2.19. The summed E-state index contributed by atoms with van der Waals surface area (Å²) in [7, 11) is 0. The summed E-state index contributed by atoms with van der Waals surface area (Å²) in [5.41, 5.74) is 1.72. The zero-order chi connectivity index (χ0) is 23.9. The van der Waals surface area contributed by atoms with E-state index in [0.717, 1.165) is 39.0 Å². The standard InChI is InChI=1S/C28H26N2O4/c31-18-22(25-14-6-10-20-8-2-4-13-24(20)25)16-29-26(28(33)34)17-30-27(32)15-21-11-5-9-19-7-1-3-12-23(19)21/h1-14,18,22,26,29H,15-17H2,(H,30,32)(H,33,34)/t22?,26-/m0/s1. The minimum atomic E-state index is -1.09. The van der Waals surface area contributed by atoms with Crippen molar-refractivity contribution in [1.29, 1.82) is 0 Å². The molecular weight excluding hydrogens is 428 g/mol. The van der Waals surface area contributed by atoms with Gasteiger partial charge in [0.2, 0.25) is 5.91 Å². The van der Waals surface area contributed by atoms with Crippen LogP contribution >= 0.6 is 0 Å². The van der Waals surface area contributed by atoms with Gasteiger partial charge in [0.1, 0.15) is 12.3 Å². The van der Waals surface area contributed by atoms with E-state index >= 15 is 0 Å². The summed E-state index contributed by atoms with van der Waals surface area (Å²) in [5, 5.41) is 19.3. The molecule has 172 valence electrons. The van der Waals surface area contributed by atoms with Gasteiger partial charge in [-0.05, 0) is 32.7 Å². The van der Waals surface area contributed by atoms with Gasteiger partial charge in [0, 0.05) is 13.1 Å². The van der Waals surface area contributed by atoms with Gasteiger partial charge in [-0.15, -0.1) is 0 Å². The fourth-order valence-corrected chi connectivity index (χ4v) is 4.22. The second-order valence-electron chi connectivity index (χ2n) is 8.23. The monoisotopic (exact) mass is 454 g/mol. The van der Waals surface area contributed by atoms with Crippen molar-refractivity contribution >= 4 is 39.7 Å². The topological polar surface area (TPSA) is 95.5 Å². The average molecular weight is 455 g/mol. The predicted octanol–water partition coefficient (Wildman–Crippen LogP) is 3.68. The van der Waals surface area contributed by atoms with Crippen molar-refractivity contribution in [3.8, 4) is 0 Å². The molecule has 0 saturated carbocycles. The van der Waals surface area contributed by atoms with Gasteiger partial charge < -0.3 is 20.5 Å². The lowest BCUT2D eigenvalue weighted by Crippen LogP contribution is -2.47. The molecule has 0 aliphatic rings. The largest absolute Gasteiger partial charge is 0.480 e. The van der Waals surface area contributed by atoms with Crippen LogP contribution in [-0.4, -0.2) is 42.4 Å². The molecule has 0 aromatic heterocycles. The quantitative estimate of drug-likeness (QED) is 0.318. The van der Waals surface area contributed by atoms with Crippen LogP contribution in [0, 0.1) is 0 Å². The summed E-state index contributed by atoms with van der Waals surface area (Å²) < 4.78 is 0. The van der Waals surface area contributed by atoms with E-state index < -0.39 is 17.9 Å². The van der Waals surface area contributed by atoms with Crippen LogP contribution < -0.4 is 10.6 Å². The summed E-state index contributed by atoms with van der Waals surface area (Å²) >= 11 is 0. The first-order chi connectivity index (χ1) is 16.6. The van der Waals surface area contributed by atoms with E-state index in [1.807, 2.05) is 84.9 Å². The highest BCUT2D eigenvalue weighted by Crippen LogP contribution is 2.24. The molecule has 1 amide bonds. The number of carbonyl (C=O) groups excluding carboxylic acids is 2.